The lowest BCUT2D eigenvalue weighted by molar-refractivity contribution is -0.115. The minimum Gasteiger partial charge on any atom is -0.309 e. The minimum atomic E-state index is -0.417. The van der Waals surface area contributed by atoms with Crippen LogP contribution in [0.15, 0.2) is 60.8 Å². The summed E-state index contributed by atoms with van der Waals surface area (Å²) in [5.41, 5.74) is 0.990. The van der Waals surface area contributed by atoms with E-state index >= 15 is 0 Å². The number of benzene rings is 2. The average molecular weight is 313 g/mol. The number of amides is 1. The summed E-state index contributed by atoms with van der Waals surface area (Å²) in [7, 11) is 0. The van der Waals surface area contributed by atoms with Gasteiger partial charge in [-0.2, -0.15) is 5.10 Å². The third-order valence-corrected chi connectivity index (χ3v) is 3.26. The van der Waals surface area contributed by atoms with Gasteiger partial charge in [0.25, 0.3) is 0 Å². The number of halogens is 2. The summed E-state index contributed by atoms with van der Waals surface area (Å²) < 4.78 is 27.9. The number of nitrogens with one attached hydrogen (secondary N) is 1. The highest BCUT2D eigenvalue weighted by Crippen LogP contribution is 2.12. The van der Waals surface area contributed by atoms with Gasteiger partial charge in [0.05, 0.1) is 12.1 Å². The van der Waals surface area contributed by atoms with Crippen molar-refractivity contribution in [2.24, 2.45) is 0 Å². The molecule has 0 aliphatic heterocycles. The Morgan fingerprint density at radius 2 is 1.78 bits per heavy atom. The van der Waals surface area contributed by atoms with Crippen molar-refractivity contribution in [2.75, 3.05) is 5.32 Å². The van der Waals surface area contributed by atoms with Gasteiger partial charge in [-0.25, -0.2) is 13.5 Å². The van der Waals surface area contributed by atoms with Crippen molar-refractivity contribution < 1.29 is 13.6 Å². The van der Waals surface area contributed by atoms with E-state index in [1.54, 1.807) is 42.6 Å². The molecule has 1 heterocycles. The summed E-state index contributed by atoms with van der Waals surface area (Å²) in [6, 6.07) is 13.5. The van der Waals surface area contributed by atoms with E-state index in [9.17, 15) is 13.6 Å². The first-order valence-corrected chi connectivity index (χ1v) is 6.97. The van der Waals surface area contributed by atoms with Crippen molar-refractivity contribution in [3.63, 3.8) is 0 Å². The molecule has 0 spiro atoms. The minimum absolute atomic E-state index is 0.0733. The van der Waals surface area contributed by atoms with Crippen LogP contribution in [0.2, 0.25) is 0 Å². The molecule has 4 nitrogen and oxygen atoms in total. The standard InChI is InChI=1S/C17H13F2N3O/c18-13-5-7-14(8-6-13)22-10-9-16(21-22)20-17(23)11-12-3-1-2-4-15(12)19/h1-10H,11H2,(H,20,21,23). The molecule has 1 aromatic heterocycles. The molecular weight excluding hydrogens is 300 g/mol. The summed E-state index contributed by atoms with van der Waals surface area (Å²) in [6.07, 6.45) is 1.57. The molecule has 116 valence electrons. The molecule has 1 amide bonds. The van der Waals surface area contributed by atoms with E-state index in [-0.39, 0.29) is 18.1 Å². The number of aromatic nitrogens is 2. The topological polar surface area (TPSA) is 46.9 Å². The third kappa shape index (κ3) is 3.60. The van der Waals surface area contributed by atoms with Crippen molar-refractivity contribution in [3.8, 4) is 5.69 Å². The quantitative estimate of drug-likeness (QED) is 0.803. The largest absolute Gasteiger partial charge is 0.309 e. The first-order chi connectivity index (χ1) is 11.1. The molecule has 0 saturated carbocycles. The fraction of sp³-hybridized carbons (Fsp3) is 0.0588. The second kappa shape index (κ2) is 6.39. The van der Waals surface area contributed by atoms with Gasteiger partial charge in [-0.15, -0.1) is 0 Å². The Bertz CT molecular complexity index is 828. The van der Waals surface area contributed by atoms with Gasteiger partial charge in [0, 0.05) is 12.3 Å². The molecule has 0 aliphatic rings. The van der Waals surface area contributed by atoms with Gasteiger partial charge in [0.15, 0.2) is 5.82 Å². The first-order valence-electron chi connectivity index (χ1n) is 6.97. The number of hydrogen-bond donors (Lipinski definition) is 1. The fourth-order valence-corrected chi connectivity index (χ4v) is 2.13. The Labute approximate surface area is 131 Å². The molecule has 3 aromatic rings. The number of carbonyl (C=O) groups is 1. The summed E-state index contributed by atoms with van der Waals surface area (Å²) in [6.45, 7) is 0. The van der Waals surface area contributed by atoms with Crippen LogP contribution in [0.25, 0.3) is 5.69 Å². The number of anilines is 1. The van der Waals surface area contributed by atoms with Gasteiger partial charge in [0.2, 0.25) is 5.91 Å². The van der Waals surface area contributed by atoms with E-state index in [0.29, 0.717) is 17.1 Å². The third-order valence-electron chi connectivity index (χ3n) is 3.26. The summed E-state index contributed by atoms with van der Waals surface area (Å²) in [5.74, 6) is -0.770. The number of carbonyl (C=O) groups excluding carboxylic acids is 1. The lowest BCUT2D eigenvalue weighted by Gasteiger charge is -2.04. The normalized spacial score (nSPS) is 10.5. The molecule has 0 atom stereocenters. The van der Waals surface area contributed by atoms with Crippen molar-refractivity contribution in [1.29, 1.82) is 0 Å². The maximum absolute atomic E-state index is 13.5. The van der Waals surface area contributed by atoms with Gasteiger partial charge in [-0.3, -0.25) is 4.79 Å². The highest BCUT2D eigenvalue weighted by atomic mass is 19.1. The van der Waals surface area contributed by atoms with Gasteiger partial charge in [0.1, 0.15) is 11.6 Å². The molecule has 0 radical (unpaired) electrons. The van der Waals surface area contributed by atoms with Crippen LogP contribution in [-0.2, 0) is 11.2 Å². The molecule has 23 heavy (non-hydrogen) atoms. The molecule has 0 unspecified atom stereocenters. The van der Waals surface area contributed by atoms with E-state index in [0.717, 1.165) is 0 Å². The van der Waals surface area contributed by atoms with E-state index in [1.165, 1.54) is 22.9 Å². The van der Waals surface area contributed by atoms with Crippen molar-refractivity contribution >= 4 is 11.7 Å². The second-order valence-corrected chi connectivity index (χ2v) is 4.94. The van der Waals surface area contributed by atoms with Gasteiger partial charge in [-0.05, 0) is 35.9 Å². The van der Waals surface area contributed by atoms with Crippen LogP contribution >= 0.6 is 0 Å². The van der Waals surface area contributed by atoms with Crippen LogP contribution in [0.5, 0.6) is 0 Å². The summed E-state index contributed by atoms with van der Waals surface area (Å²) in [5, 5.41) is 6.79. The summed E-state index contributed by atoms with van der Waals surface area (Å²) >= 11 is 0. The summed E-state index contributed by atoms with van der Waals surface area (Å²) in [4.78, 5) is 11.9. The van der Waals surface area contributed by atoms with E-state index in [1.807, 2.05) is 0 Å². The SMILES string of the molecule is O=C(Cc1ccccc1F)Nc1ccn(-c2ccc(F)cc2)n1. The van der Waals surface area contributed by atoms with Crippen LogP contribution in [-0.4, -0.2) is 15.7 Å². The molecule has 6 heteroatoms. The second-order valence-electron chi connectivity index (χ2n) is 4.94. The smallest absolute Gasteiger partial charge is 0.230 e. The van der Waals surface area contributed by atoms with Crippen LogP contribution in [0.3, 0.4) is 0 Å². The first kappa shape index (κ1) is 14.9. The van der Waals surface area contributed by atoms with Crippen LogP contribution < -0.4 is 5.32 Å². The lowest BCUT2D eigenvalue weighted by atomic mass is 10.1. The van der Waals surface area contributed by atoms with Crippen molar-refractivity contribution in [1.82, 2.24) is 9.78 Å². The molecule has 3 rings (SSSR count). The molecule has 0 aliphatic carbocycles. The molecule has 0 saturated heterocycles. The van der Waals surface area contributed by atoms with Gasteiger partial charge < -0.3 is 5.32 Å². The lowest BCUT2D eigenvalue weighted by Crippen LogP contribution is -2.15. The zero-order valence-electron chi connectivity index (χ0n) is 12.0. The maximum Gasteiger partial charge on any atom is 0.230 e. The fourth-order valence-electron chi connectivity index (χ4n) is 2.13. The van der Waals surface area contributed by atoms with Gasteiger partial charge in [-0.1, -0.05) is 18.2 Å². The van der Waals surface area contributed by atoms with Crippen molar-refractivity contribution in [3.05, 3.63) is 78.0 Å². The Kier molecular flexibility index (Phi) is 4.14. The van der Waals surface area contributed by atoms with E-state index < -0.39 is 5.82 Å². The Hall–Kier alpha value is -3.02. The van der Waals surface area contributed by atoms with Crippen LogP contribution in [0, 0.1) is 11.6 Å². The Balaban J connectivity index is 1.68. The predicted octanol–water partition coefficient (Wildman–Crippen LogP) is 3.33. The average Bonchev–Trinajstić information content (AvgIpc) is 2.98. The highest BCUT2D eigenvalue weighted by molar-refractivity contribution is 5.91. The number of nitrogens with zero attached hydrogens (tertiary/aromatic N) is 2. The van der Waals surface area contributed by atoms with Crippen LogP contribution in [0.4, 0.5) is 14.6 Å². The molecule has 0 bridgehead atoms. The number of rotatable bonds is 4. The highest BCUT2D eigenvalue weighted by Gasteiger charge is 2.09. The zero-order chi connectivity index (χ0) is 16.2. The Morgan fingerprint density at radius 1 is 1.04 bits per heavy atom. The monoisotopic (exact) mass is 313 g/mol. The zero-order valence-corrected chi connectivity index (χ0v) is 12.0. The predicted molar refractivity (Wildman–Crippen MR) is 82.3 cm³/mol. The van der Waals surface area contributed by atoms with Gasteiger partial charge >= 0.3 is 0 Å². The molecule has 0 fully saturated rings. The maximum atomic E-state index is 13.5. The van der Waals surface area contributed by atoms with Crippen LogP contribution in [0.1, 0.15) is 5.56 Å². The Morgan fingerprint density at radius 3 is 2.52 bits per heavy atom. The number of hydrogen-bond acceptors (Lipinski definition) is 2. The molecule has 2 aromatic carbocycles. The molecule has 1 N–H and O–H groups in total. The van der Waals surface area contributed by atoms with E-state index in [2.05, 4.69) is 10.4 Å². The molecular formula is C17H13F2N3O. The van der Waals surface area contributed by atoms with Crippen molar-refractivity contribution in [2.45, 2.75) is 6.42 Å². The van der Waals surface area contributed by atoms with E-state index in [4.69, 9.17) is 0 Å².